The fourth-order valence-corrected chi connectivity index (χ4v) is 7.45. The molecule has 3 N–H and O–H groups in total. The van der Waals surface area contributed by atoms with Crippen LogP contribution in [0, 0.1) is 11.7 Å². The Hall–Kier alpha value is -3.12. The number of nitrogens with zero attached hydrogens (tertiary/aromatic N) is 1. The third-order valence-electron chi connectivity index (χ3n) is 7.10. The zero-order valence-electron chi connectivity index (χ0n) is 20.4. The molecular weight excluding hydrogens is 543 g/mol. The molecule has 1 unspecified atom stereocenters. The first-order chi connectivity index (χ1) is 17.6. The van der Waals surface area contributed by atoms with Crippen molar-refractivity contribution in [3.63, 3.8) is 0 Å². The summed E-state index contributed by atoms with van der Waals surface area (Å²) >= 11 is 0. The maximum atomic E-state index is 13.5. The molecule has 0 radical (unpaired) electrons. The van der Waals surface area contributed by atoms with Crippen LogP contribution in [-0.2, 0) is 9.73 Å². The number of aromatic amines is 1. The number of anilines is 1. The Labute approximate surface area is 217 Å². The van der Waals surface area contributed by atoms with Crippen LogP contribution >= 0.6 is 10.2 Å². The molecule has 1 aromatic heterocycles. The van der Waals surface area contributed by atoms with Crippen LogP contribution in [0.25, 0.3) is 22.0 Å². The van der Waals surface area contributed by atoms with Gasteiger partial charge in [-0.3, -0.25) is 5.10 Å². The number of aryl methyl sites for hydroxylation is 1. The van der Waals surface area contributed by atoms with Crippen molar-refractivity contribution in [2.45, 2.75) is 53.7 Å². The molecule has 1 aliphatic rings. The van der Waals surface area contributed by atoms with E-state index in [4.69, 9.17) is 4.78 Å². The molecule has 0 spiro atoms. The van der Waals surface area contributed by atoms with Gasteiger partial charge in [-0.25, -0.2) is 8.99 Å². The van der Waals surface area contributed by atoms with Gasteiger partial charge in [-0.2, -0.15) is 5.10 Å². The molecule has 0 saturated heterocycles. The van der Waals surface area contributed by atoms with E-state index in [9.17, 15) is 23.6 Å². The quantitative estimate of drug-likeness (QED) is 0.202. The summed E-state index contributed by atoms with van der Waals surface area (Å²) in [6.45, 7) is 1.95. The largest absolute Gasteiger partial charge is 0.382 e. The highest BCUT2D eigenvalue weighted by Gasteiger charge is 2.65. The molecule has 0 bridgehead atoms. The van der Waals surface area contributed by atoms with E-state index in [1.54, 1.807) is 12.1 Å². The number of rotatable bonds is 6. The molecule has 1 saturated carbocycles. The number of aromatic nitrogens is 2. The molecule has 0 amide bonds. The standard InChI is InChI=1S/C26H27F5N4OS2/c1-17-25-16-19(4-15-26(25)35-34-17)18-2-9-22(10-3-18)37(32,36)23-11-5-20(6-12-23)33-21-7-13-24(14-8-21)38(27,28,29,30)31/h2-4,7-10,13-16,20,23,32-33H,5-6,11-12H2,1H3,(H,34,35). The molecule has 5 nitrogen and oxygen atoms in total. The summed E-state index contributed by atoms with van der Waals surface area (Å²) in [6, 6.07) is 15.8. The van der Waals surface area contributed by atoms with Crippen LogP contribution < -0.4 is 5.32 Å². The van der Waals surface area contributed by atoms with E-state index >= 15 is 0 Å². The first-order valence-corrected chi connectivity index (χ1v) is 15.6. The lowest BCUT2D eigenvalue weighted by atomic mass is 9.95. The van der Waals surface area contributed by atoms with Gasteiger partial charge in [-0.1, -0.05) is 37.6 Å². The highest BCUT2D eigenvalue weighted by molar-refractivity contribution is 8.45. The highest BCUT2D eigenvalue weighted by Crippen LogP contribution is 3.02. The molecular formula is C26H27F5N4OS2. The van der Waals surface area contributed by atoms with Gasteiger partial charge in [0.05, 0.1) is 15.2 Å². The summed E-state index contributed by atoms with van der Waals surface area (Å²) in [6.07, 6.45) is 2.13. The third kappa shape index (κ3) is 5.37. The summed E-state index contributed by atoms with van der Waals surface area (Å²) in [7, 11) is -12.8. The summed E-state index contributed by atoms with van der Waals surface area (Å²) in [4.78, 5) is -1.46. The van der Waals surface area contributed by atoms with Gasteiger partial charge in [0.25, 0.3) is 0 Å². The van der Waals surface area contributed by atoms with Gasteiger partial charge in [0.15, 0.2) is 0 Å². The first kappa shape index (κ1) is 26.5. The maximum Gasteiger partial charge on any atom is 0.310 e. The summed E-state index contributed by atoms with van der Waals surface area (Å²) in [5.74, 6) is 0. The summed E-state index contributed by atoms with van der Waals surface area (Å²) < 4.78 is 86.8. The Kier molecular flexibility index (Phi) is 5.88. The second-order valence-electron chi connectivity index (χ2n) is 9.82. The number of hydrogen-bond donors (Lipinski definition) is 3. The highest BCUT2D eigenvalue weighted by atomic mass is 32.5. The molecule has 1 heterocycles. The molecule has 1 aliphatic carbocycles. The Balaban J connectivity index is 1.23. The van der Waals surface area contributed by atoms with Gasteiger partial charge in [-0.15, -0.1) is 0 Å². The van der Waals surface area contributed by atoms with E-state index in [0.717, 1.165) is 39.9 Å². The lowest BCUT2D eigenvalue weighted by molar-refractivity contribution is 0.364. The van der Waals surface area contributed by atoms with Crippen LogP contribution in [0.1, 0.15) is 31.4 Å². The van der Waals surface area contributed by atoms with Crippen LogP contribution in [0.3, 0.4) is 0 Å². The fraction of sp³-hybridized carbons (Fsp3) is 0.269. The van der Waals surface area contributed by atoms with E-state index in [-0.39, 0.29) is 11.3 Å². The SMILES string of the molecule is Cc1[nH]nc2ccc(-c3ccc(S(=N)(=O)C4CCC(Nc5ccc(S(F)(F)(F)(F)F)cc5)CC4)cc3)cc12. The topological polar surface area (TPSA) is 81.6 Å². The lowest BCUT2D eigenvalue weighted by Crippen LogP contribution is -2.32. The van der Waals surface area contributed by atoms with Crippen LogP contribution in [0.4, 0.5) is 25.1 Å². The fourth-order valence-electron chi connectivity index (χ4n) is 4.94. The number of H-pyrrole nitrogens is 1. The number of nitrogens with one attached hydrogen (secondary N) is 3. The van der Waals surface area contributed by atoms with Crippen molar-refractivity contribution in [1.82, 2.24) is 10.2 Å². The molecule has 38 heavy (non-hydrogen) atoms. The average Bonchev–Trinajstić information content (AvgIpc) is 3.23. The monoisotopic (exact) mass is 570 g/mol. The molecule has 1 atom stereocenters. The minimum Gasteiger partial charge on any atom is -0.382 e. The second kappa shape index (κ2) is 8.44. The van der Waals surface area contributed by atoms with Crippen molar-refractivity contribution in [2.75, 3.05) is 5.32 Å². The van der Waals surface area contributed by atoms with Gasteiger partial charge in [0.1, 0.15) is 4.90 Å². The summed E-state index contributed by atoms with van der Waals surface area (Å²) in [5.41, 5.74) is 4.09. The van der Waals surface area contributed by atoms with E-state index in [0.29, 0.717) is 48.4 Å². The second-order valence-corrected chi connectivity index (χ2v) is 14.6. The van der Waals surface area contributed by atoms with E-state index in [1.807, 2.05) is 37.3 Å². The Morgan fingerprint density at radius 3 is 2.11 bits per heavy atom. The summed E-state index contributed by atoms with van der Waals surface area (Å²) in [5, 5.41) is 10.9. The molecule has 1 fully saturated rings. The number of halogens is 5. The predicted octanol–water partition coefficient (Wildman–Crippen LogP) is 9.02. The van der Waals surface area contributed by atoms with E-state index in [2.05, 4.69) is 15.5 Å². The normalized spacial score (nSPS) is 21.8. The van der Waals surface area contributed by atoms with Crippen LogP contribution in [-0.4, -0.2) is 25.7 Å². The lowest BCUT2D eigenvalue weighted by Gasteiger charge is -2.40. The first-order valence-electron chi connectivity index (χ1n) is 12.0. The van der Waals surface area contributed by atoms with Crippen molar-refractivity contribution in [3.05, 3.63) is 72.4 Å². The Bertz CT molecular complexity index is 1590. The molecule has 4 aromatic rings. The maximum absolute atomic E-state index is 13.5. The Morgan fingerprint density at radius 2 is 1.50 bits per heavy atom. The van der Waals surface area contributed by atoms with Crippen LogP contribution in [0.2, 0.25) is 0 Å². The van der Waals surface area contributed by atoms with E-state index in [1.165, 1.54) is 0 Å². The van der Waals surface area contributed by atoms with Gasteiger partial charge < -0.3 is 5.32 Å². The van der Waals surface area contributed by atoms with Gasteiger partial charge >= 0.3 is 10.2 Å². The van der Waals surface area contributed by atoms with Crippen LogP contribution in [0.5, 0.6) is 0 Å². The molecule has 12 heteroatoms. The minimum absolute atomic E-state index is 0.115. The predicted molar refractivity (Wildman–Crippen MR) is 143 cm³/mol. The number of benzene rings is 3. The molecule has 5 rings (SSSR count). The number of hydrogen-bond acceptors (Lipinski definition) is 4. The Morgan fingerprint density at radius 1 is 0.895 bits per heavy atom. The third-order valence-corrected chi connectivity index (χ3v) is 10.6. The minimum atomic E-state index is -9.70. The average molecular weight is 571 g/mol. The zero-order valence-corrected chi connectivity index (χ0v) is 22.0. The van der Waals surface area contributed by atoms with Crippen molar-refractivity contribution in [2.24, 2.45) is 0 Å². The van der Waals surface area contributed by atoms with Crippen LogP contribution in [0.15, 0.2) is 76.5 Å². The smallest absolute Gasteiger partial charge is 0.310 e. The number of fused-ring (bicyclic) bond motifs is 1. The zero-order chi connectivity index (χ0) is 27.4. The van der Waals surface area contributed by atoms with Crippen molar-refractivity contribution in [3.8, 4) is 11.1 Å². The van der Waals surface area contributed by atoms with Crippen molar-refractivity contribution in [1.29, 1.82) is 4.78 Å². The van der Waals surface area contributed by atoms with Crippen molar-refractivity contribution < 1.29 is 23.6 Å². The molecule has 3 aromatic carbocycles. The van der Waals surface area contributed by atoms with Gasteiger partial charge in [-0.05, 0) is 92.3 Å². The van der Waals surface area contributed by atoms with Crippen molar-refractivity contribution >= 4 is 36.5 Å². The molecule has 0 aliphatic heterocycles. The van der Waals surface area contributed by atoms with Gasteiger partial charge in [0.2, 0.25) is 0 Å². The van der Waals surface area contributed by atoms with E-state index < -0.39 is 24.8 Å². The molecule has 204 valence electrons. The van der Waals surface area contributed by atoms with Gasteiger partial charge in [0, 0.05) is 33.0 Å².